The van der Waals surface area contributed by atoms with Crippen LogP contribution in [-0.2, 0) is 9.59 Å². The lowest BCUT2D eigenvalue weighted by atomic mass is 10.2. The summed E-state index contributed by atoms with van der Waals surface area (Å²) in [7, 11) is 0. The van der Waals surface area contributed by atoms with Crippen molar-refractivity contribution in [1.82, 2.24) is 0 Å². The minimum atomic E-state index is -1.05. The molecule has 0 saturated heterocycles. The third kappa shape index (κ3) is 10.3. The van der Waals surface area contributed by atoms with Crippen LogP contribution in [0.1, 0.15) is 34.6 Å². The van der Waals surface area contributed by atoms with Crippen LogP contribution in [-0.4, -0.2) is 33.3 Å². The number of anilines is 2. The first-order valence-corrected chi connectivity index (χ1v) is 7.77. The minimum Gasteiger partial charge on any atom is -0.478 e. The van der Waals surface area contributed by atoms with Crippen molar-refractivity contribution >= 4 is 46.1 Å². The van der Waals surface area contributed by atoms with Crippen molar-refractivity contribution in [2.75, 3.05) is 11.1 Å². The van der Waals surface area contributed by atoms with Gasteiger partial charge in [0, 0.05) is 19.5 Å². The van der Waals surface area contributed by atoms with Crippen molar-refractivity contribution in [3.05, 3.63) is 59.7 Å². The number of benzene rings is 2. The van der Waals surface area contributed by atoms with Crippen LogP contribution in [0, 0.1) is 0 Å². The molecular formula is C18H19ClN2O6. The number of nitrogens with two attached hydrogens (primary N) is 1. The van der Waals surface area contributed by atoms with Gasteiger partial charge in [0.2, 0.25) is 11.1 Å². The molecule has 0 atom stereocenters. The molecular weight excluding hydrogens is 376 g/mol. The third-order valence-electron chi connectivity index (χ3n) is 2.66. The Balaban J connectivity index is 0.000000428. The van der Waals surface area contributed by atoms with E-state index in [1.165, 1.54) is 26.0 Å². The molecule has 8 nitrogen and oxygen atoms in total. The molecule has 0 unspecified atom stereocenters. The predicted octanol–water partition coefficient (Wildman–Crippen LogP) is 3.08. The molecule has 2 aromatic carbocycles. The Kier molecular flexibility index (Phi) is 10.5. The summed E-state index contributed by atoms with van der Waals surface area (Å²) >= 11 is 4.64. The molecule has 0 aliphatic rings. The second kappa shape index (κ2) is 12.0. The summed E-state index contributed by atoms with van der Waals surface area (Å²) in [6, 6.07) is 12.6. The molecule has 0 aliphatic heterocycles. The lowest BCUT2D eigenvalue weighted by molar-refractivity contribution is -0.114. The molecule has 0 bridgehead atoms. The van der Waals surface area contributed by atoms with Gasteiger partial charge in [-0.2, -0.15) is 0 Å². The topological polar surface area (TPSA) is 147 Å². The Labute approximate surface area is 160 Å². The highest BCUT2D eigenvalue weighted by Gasteiger charge is 2.08. The number of carbonyl (C=O) groups excluding carboxylic acids is 2. The summed E-state index contributed by atoms with van der Waals surface area (Å²) in [4.78, 5) is 40.9. The maximum atomic E-state index is 10.7. The van der Waals surface area contributed by atoms with Crippen LogP contribution < -0.4 is 11.1 Å². The third-order valence-corrected chi connectivity index (χ3v) is 2.66. The first-order chi connectivity index (χ1) is 12.6. The van der Waals surface area contributed by atoms with E-state index < -0.39 is 11.9 Å². The van der Waals surface area contributed by atoms with Gasteiger partial charge >= 0.3 is 11.9 Å². The number of carboxylic acids is 2. The fourth-order valence-corrected chi connectivity index (χ4v) is 1.66. The maximum absolute atomic E-state index is 10.7. The molecule has 0 heterocycles. The van der Waals surface area contributed by atoms with Crippen molar-refractivity contribution in [2.24, 2.45) is 0 Å². The fraction of sp³-hybridized carbons (Fsp3) is 0.111. The van der Waals surface area contributed by atoms with E-state index in [1.54, 1.807) is 36.4 Å². The summed E-state index contributed by atoms with van der Waals surface area (Å²) < 4.78 is 0. The van der Waals surface area contributed by atoms with Gasteiger partial charge in [0.1, 0.15) is 0 Å². The van der Waals surface area contributed by atoms with E-state index in [-0.39, 0.29) is 22.3 Å². The first kappa shape index (κ1) is 23.6. The molecule has 0 aromatic heterocycles. The Morgan fingerprint density at radius 1 is 0.852 bits per heavy atom. The number of halogens is 1. The second-order valence-electron chi connectivity index (χ2n) is 4.89. The largest absolute Gasteiger partial charge is 0.478 e. The van der Waals surface area contributed by atoms with E-state index >= 15 is 0 Å². The average Bonchev–Trinajstić information content (AvgIpc) is 2.55. The quantitative estimate of drug-likeness (QED) is 0.462. The highest BCUT2D eigenvalue weighted by atomic mass is 35.5. The van der Waals surface area contributed by atoms with E-state index in [4.69, 9.17) is 15.9 Å². The molecule has 1 amide bonds. The number of carbonyl (C=O) groups is 4. The van der Waals surface area contributed by atoms with Gasteiger partial charge < -0.3 is 21.3 Å². The number of carboxylic acid groups (broad SMARTS) is 2. The molecule has 0 fully saturated rings. The second-order valence-corrected chi connectivity index (χ2v) is 5.43. The van der Waals surface area contributed by atoms with Gasteiger partial charge in [0.25, 0.3) is 0 Å². The first-order valence-electron chi connectivity index (χ1n) is 7.40. The van der Waals surface area contributed by atoms with Crippen molar-refractivity contribution in [3.63, 3.8) is 0 Å². The normalized spacial score (nSPS) is 8.85. The van der Waals surface area contributed by atoms with Gasteiger partial charge in [-0.1, -0.05) is 24.3 Å². The predicted molar refractivity (Wildman–Crippen MR) is 102 cm³/mol. The van der Waals surface area contributed by atoms with Crippen LogP contribution in [0.3, 0.4) is 0 Å². The number of aromatic carboxylic acids is 2. The number of para-hydroxylation sites is 2. The molecule has 0 radical (unpaired) electrons. The van der Waals surface area contributed by atoms with Gasteiger partial charge in [-0.25, -0.2) is 9.59 Å². The van der Waals surface area contributed by atoms with Gasteiger partial charge in [0.15, 0.2) is 0 Å². The SMILES string of the molecule is CC(=O)Cl.CC(=O)Nc1ccccc1C(=O)O.Nc1ccccc1C(=O)O. The van der Waals surface area contributed by atoms with E-state index in [0.717, 1.165) is 0 Å². The average molecular weight is 395 g/mol. The zero-order valence-electron chi connectivity index (χ0n) is 14.6. The molecule has 2 rings (SSSR count). The number of hydrogen-bond acceptors (Lipinski definition) is 5. The summed E-state index contributed by atoms with van der Waals surface area (Å²) in [5.41, 5.74) is 6.21. The Hall–Kier alpha value is -3.39. The fourth-order valence-electron chi connectivity index (χ4n) is 1.66. The minimum absolute atomic E-state index is 0.0951. The van der Waals surface area contributed by atoms with Crippen molar-refractivity contribution in [3.8, 4) is 0 Å². The van der Waals surface area contributed by atoms with Crippen LogP contribution in [0.4, 0.5) is 11.4 Å². The Morgan fingerprint density at radius 3 is 1.63 bits per heavy atom. The summed E-state index contributed by atoms with van der Waals surface area (Å²) in [5, 5.41) is 19.3. The smallest absolute Gasteiger partial charge is 0.337 e. The van der Waals surface area contributed by atoms with Crippen molar-refractivity contribution < 1.29 is 29.4 Å². The molecule has 27 heavy (non-hydrogen) atoms. The zero-order chi connectivity index (χ0) is 21.0. The Bertz CT molecular complexity index is 819. The van der Waals surface area contributed by atoms with Crippen molar-refractivity contribution in [2.45, 2.75) is 13.8 Å². The van der Waals surface area contributed by atoms with Crippen LogP contribution >= 0.6 is 11.6 Å². The van der Waals surface area contributed by atoms with E-state index in [1.807, 2.05) is 0 Å². The monoisotopic (exact) mass is 394 g/mol. The molecule has 0 saturated carbocycles. The van der Waals surface area contributed by atoms with Gasteiger partial charge in [0.05, 0.1) is 16.8 Å². The van der Waals surface area contributed by atoms with Gasteiger partial charge in [-0.3, -0.25) is 9.59 Å². The molecule has 0 aliphatic carbocycles. The zero-order valence-corrected chi connectivity index (χ0v) is 15.4. The van der Waals surface area contributed by atoms with Crippen LogP contribution in [0.25, 0.3) is 0 Å². The van der Waals surface area contributed by atoms with Crippen molar-refractivity contribution in [1.29, 1.82) is 0 Å². The molecule has 0 spiro atoms. The van der Waals surface area contributed by atoms with Crippen LogP contribution in [0.2, 0.25) is 0 Å². The standard InChI is InChI=1S/C9H9NO3.C7H7NO2.C2H3ClO/c1-6(11)10-8-5-3-2-4-7(8)9(12)13;8-6-4-2-1-3-5(6)7(9)10;1-2(3)4/h2-5H,1H3,(H,10,11)(H,12,13);1-4H,8H2,(H,9,10);1H3. The molecule has 2 aromatic rings. The maximum Gasteiger partial charge on any atom is 0.337 e. The van der Waals surface area contributed by atoms with Gasteiger partial charge in [-0.05, 0) is 35.9 Å². The molecule has 144 valence electrons. The van der Waals surface area contributed by atoms with Crippen LogP contribution in [0.5, 0.6) is 0 Å². The lowest BCUT2D eigenvalue weighted by Gasteiger charge is -2.04. The number of nitrogen functional groups attached to an aromatic ring is 1. The highest BCUT2D eigenvalue weighted by Crippen LogP contribution is 2.14. The Morgan fingerprint density at radius 2 is 1.26 bits per heavy atom. The molecule has 5 N–H and O–H groups in total. The lowest BCUT2D eigenvalue weighted by Crippen LogP contribution is -2.10. The van der Waals surface area contributed by atoms with E-state index in [2.05, 4.69) is 16.9 Å². The summed E-state index contributed by atoms with van der Waals surface area (Å²) in [5.74, 6) is -2.32. The van der Waals surface area contributed by atoms with Crippen LogP contribution in [0.15, 0.2) is 48.5 Å². The molecule has 9 heteroatoms. The summed E-state index contributed by atoms with van der Waals surface area (Å²) in [6.45, 7) is 2.63. The van der Waals surface area contributed by atoms with Gasteiger partial charge in [-0.15, -0.1) is 0 Å². The number of hydrogen-bond donors (Lipinski definition) is 4. The van der Waals surface area contributed by atoms with E-state index in [9.17, 15) is 19.2 Å². The number of nitrogens with one attached hydrogen (secondary N) is 1. The van der Waals surface area contributed by atoms with E-state index in [0.29, 0.717) is 11.4 Å². The summed E-state index contributed by atoms with van der Waals surface area (Å²) in [6.07, 6.45) is 0. The number of amides is 1. The highest BCUT2D eigenvalue weighted by molar-refractivity contribution is 6.62. The number of rotatable bonds is 3.